The summed E-state index contributed by atoms with van der Waals surface area (Å²) in [7, 11) is 0. The van der Waals surface area contributed by atoms with Crippen molar-refractivity contribution in [3.8, 4) is 0 Å². The molecule has 0 atom stereocenters. The molecule has 0 aliphatic carbocycles. The molecule has 1 aromatic rings. The molecule has 0 bridgehead atoms. The monoisotopic (exact) mass is 220 g/mol. The van der Waals surface area contributed by atoms with Crippen LogP contribution in [0.25, 0.3) is 0 Å². The maximum atomic E-state index is 4.10. The maximum absolute atomic E-state index is 4.10. The van der Waals surface area contributed by atoms with Gasteiger partial charge in [-0.25, -0.2) is 15.0 Å². The highest BCUT2D eigenvalue weighted by molar-refractivity contribution is 4.81. The molecule has 0 fully saturated rings. The van der Waals surface area contributed by atoms with Gasteiger partial charge in [-0.1, -0.05) is 45.4 Å². The SMILES string of the molecule is CCCCC[CH]CCCCc1ncncn1. The lowest BCUT2D eigenvalue weighted by Crippen LogP contribution is -1.94. The number of hydrogen-bond donors (Lipinski definition) is 0. The van der Waals surface area contributed by atoms with Gasteiger partial charge in [-0.15, -0.1) is 0 Å². The van der Waals surface area contributed by atoms with Crippen LogP contribution in [0.15, 0.2) is 12.7 Å². The molecule has 89 valence electrons. The minimum Gasteiger partial charge on any atom is -0.225 e. The molecule has 0 N–H and O–H groups in total. The first-order valence-electron chi connectivity index (χ1n) is 6.36. The van der Waals surface area contributed by atoms with Gasteiger partial charge in [0.05, 0.1) is 0 Å². The first kappa shape index (κ1) is 13.1. The summed E-state index contributed by atoms with van der Waals surface area (Å²) in [6.45, 7) is 2.24. The van der Waals surface area contributed by atoms with Crippen LogP contribution in [0.2, 0.25) is 0 Å². The zero-order valence-electron chi connectivity index (χ0n) is 10.2. The zero-order chi connectivity index (χ0) is 11.5. The van der Waals surface area contributed by atoms with E-state index in [-0.39, 0.29) is 0 Å². The van der Waals surface area contributed by atoms with Crippen LogP contribution in [-0.4, -0.2) is 15.0 Å². The summed E-state index contributed by atoms with van der Waals surface area (Å²) in [6.07, 6.45) is 15.5. The van der Waals surface area contributed by atoms with Gasteiger partial charge < -0.3 is 0 Å². The van der Waals surface area contributed by atoms with Crippen molar-refractivity contribution >= 4 is 0 Å². The third kappa shape index (κ3) is 6.49. The summed E-state index contributed by atoms with van der Waals surface area (Å²) in [5.41, 5.74) is 0. The van der Waals surface area contributed by atoms with E-state index in [9.17, 15) is 0 Å². The normalized spacial score (nSPS) is 10.6. The van der Waals surface area contributed by atoms with E-state index in [1.165, 1.54) is 44.9 Å². The molecule has 0 aromatic carbocycles. The highest BCUT2D eigenvalue weighted by Gasteiger charge is 1.95. The lowest BCUT2D eigenvalue weighted by Gasteiger charge is -2.00. The van der Waals surface area contributed by atoms with Gasteiger partial charge in [-0.2, -0.15) is 0 Å². The van der Waals surface area contributed by atoms with Gasteiger partial charge in [0.15, 0.2) is 0 Å². The van der Waals surface area contributed by atoms with Gasteiger partial charge >= 0.3 is 0 Å². The second-order valence-electron chi connectivity index (χ2n) is 4.08. The summed E-state index contributed by atoms with van der Waals surface area (Å²) < 4.78 is 0. The van der Waals surface area contributed by atoms with Gasteiger partial charge in [-0.05, 0) is 12.8 Å². The van der Waals surface area contributed by atoms with Gasteiger partial charge in [0.25, 0.3) is 0 Å². The van der Waals surface area contributed by atoms with E-state index in [4.69, 9.17) is 0 Å². The maximum Gasteiger partial charge on any atom is 0.131 e. The van der Waals surface area contributed by atoms with E-state index in [1.54, 1.807) is 12.7 Å². The number of unbranched alkanes of at least 4 members (excludes halogenated alkanes) is 7. The molecule has 1 heterocycles. The Kier molecular flexibility index (Phi) is 7.56. The topological polar surface area (TPSA) is 38.7 Å². The van der Waals surface area contributed by atoms with Crippen LogP contribution < -0.4 is 0 Å². The van der Waals surface area contributed by atoms with Gasteiger partial charge in [-0.3, -0.25) is 0 Å². The van der Waals surface area contributed by atoms with Crippen molar-refractivity contribution in [1.29, 1.82) is 0 Å². The molecule has 0 amide bonds. The van der Waals surface area contributed by atoms with Crippen molar-refractivity contribution < 1.29 is 0 Å². The predicted molar refractivity (Wildman–Crippen MR) is 65.8 cm³/mol. The van der Waals surface area contributed by atoms with E-state index in [0.29, 0.717) is 0 Å². The van der Waals surface area contributed by atoms with Gasteiger partial charge in [0.1, 0.15) is 18.5 Å². The van der Waals surface area contributed by atoms with E-state index >= 15 is 0 Å². The van der Waals surface area contributed by atoms with Crippen LogP contribution >= 0.6 is 0 Å². The average molecular weight is 220 g/mol. The molecule has 0 aliphatic rings. The minimum absolute atomic E-state index is 0.918. The van der Waals surface area contributed by atoms with Crippen LogP contribution in [0, 0.1) is 6.42 Å². The molecule has 0 spiro atoms. The molecule has 0 saturated heterocycles. The molecular formula is C13H22N3. The smallest absolute Gasteiger partial charge is 0.131 e. The summed E-state index contributed by atoms with van der Waals surface area (Å²) in [5.74, 6) is 0.918. The van der Waals surface area contributed by atoms with E-state index in [2.05, 4.69) is 28.3 Å². The highest BCUT2D eigenvalue weighted by Crippen LogP contribution is 2.08. The van der Waals surface area contributed by atoms with Crippen molar-refractivity contribution in [1.82, 2.24) is 15.0 Å². The Bertz CT molecular complexity index is 249. The fraction of sp³-hybridized carbons (Fsp3) is 0.692. The first-order valence-corrected chi connectivity index (χ1v) is 6.36. The van der Waals surface area contributed by atoms with Crippen molar-refractivity contribution in [3.05, 3.63) is 24.9 Å². The molecular weight excluding hydrogens is 198 g/mol. The Balaban J connectivity index is 1.89. The molecule has 3 nitrogen and oxygen atoms in total. The van der Waals surface area contributed by atoms with E-state index in [0.717, 1.165) is 12.2 Å². The second kappa shape index (κ2) is 9.25. The molecule has 0 unspecified atom stereocenters. The van der Waals surface area contributed by atoms with Crippen LogP contribution in [-0.2, 0) is 6.42 Å². The summed E-state index contributed by atoms with van der Waals surface area (Å²) in [5, 5.41) is 0. The molecule has 3 heteroatoms. The molecule has 1 radical (unpaired) electrons. The lowest BCUT2D eigenvalue weighted by molar-refractivity contribution is 0.651. The van der Waals surface area contributed by atoms with Gasteiger partial charge in [0, 0.05) is 6.42 Å². The number of nitrogens with zero attached hydrogens (tertiary/aromatic N) is 3. The van der Waals surface area contributed by atoms with Crippen LogP contribution in [0.3, 0.4) is 0 Å². The largest absolute Gasteiger partial charge is 0.225 e. The highest BCUT2D eigenvalue weighted by atomic mass is 15.0. The quantitative estimate of drug-likeness (QED) is 0.599. The minimum atomic E-state index is 0.918. The van der Waals surface area contributed by atoms with Crippen molar-refractivity contribution in [2.75, 3.05) is 0 Å². The third-order valence-corrected chi connectivity index (χ3v) is 2.62. The summed E-state index contributed by atoms with van der Waals surface area (Å²) in [4.78, 5) is 12.0. The van der Waals surface area contributed by atoms with Crippen molar-refractivity contribution in [2.24, 2.45) is 0 Å². The number of aromatic nitrogens is 3. The Morgan fingerprint density at radius 2 is 1.69 bits per heavy atom. The number of hydrogen-bond acceptors (Lipinski definition) is 3. The third-order valence-electron chi connectivity index (χ3n) is 2.62. The Morgan fingerprint density at radius 1 is 1.00 bits per heavy atom. The molecule has 0 saturated carbocycles. The Labute approximate surface area is 98.7 Å². The van der Waals surface area contributed by atoms with E-state index < -0.39 is 0 Å². The lowest BCUT2D eigenvalue weighted by atomic mass is 10.1. The Morgan fingerprint density at radius 3 is 2.38 bits per heavy atom. The van der Waals surface area contributed by atoms with Crippen molar-refractivity contribution in [3.63, 3.8) is 0 Å². The van der Waals surface area contributed by atoms with Crippen LogP contribution in [0.1, 0.15) is 57.7 Å². The van der Waals surface area contributed by atoms with Gasteiger partial charge in [0.2, 0.25) is 0 Å². The van der Waals surface area contributed by atoms with E-state index in [1.807, 2.05) is 0 Å². The van der Waals surface area contributed by atoms with Crippen LogP contribution in [0.5, 0.6) is 0 Å². The first-order chi connectivity index (χ1) is 7.93. The zero-order valence-corrected chi connectivity index (χ0v) is 10.2. The summed E-state index contributed by atoms with van der Waals surface area (Å²) >= 11 is 0. The fourth-order valence-corrected chi connectivity index (χ4v) is 1.65. The average Bonchev–Trinajstić information content (AvgIpc) is 2.34. The standard InChI is InChI=1S/C13H22N3/c1-2-3-4-5-6-7-8-9-10-13-15-11-14-12-16-13/h6,11-12H,2-5,7-10H2,1H3. The second-order valence-corrected chi connectivity index (χ2v) is 4.08. The fourth-order valence-electron chi connectivity index (χ4n) is 1.65. The number of rotatable bonds is 9. The number of aryl methyl sites for hydroxylation is 1. The molecule has 1 rings (SSSR count). The van der Waals surface area contributed by atoms with Crippen molar-refractivity contribution in [2.45, 2.75) is 58.3 Å². The van der Waals surface area contributed by atoms with Crippen LogP contribution in [0.4, 0.5) is 0 Å². The predicted octanol–water partition coefficient (Wildman–Crippen LogP) is 3.37. The summed E-state index contributed by atoms with van der Waals surface area (Å²) in [6, 6.07) is 0. The molecule has 16 heavy (non-hydrogen) atoms. The molecule has 1 aromatic heterocycles. The Hall–Kier alpha value is -0.990. The molecule has 0 aliphatic heterocycles.